The third kappa shape index (κ3) is 1.75. The molecule has 1 aliphatic rings. The molecule has 0 saturated carbocycles. The first-order chi connectivity index (χ1) is 5.77. The highest BCUT2D eigenvalue weighted by atomic mass is 16.6. The van der Waals surface area contributed by atoms with Crippen LogP contribution in [0, 0.1) is 0 Å². The largest absolute Gasteiger partial charge is 0.542 e. The van der Waals surface area contributed by atoms with Crippen molar-refractivity contribution in [3.05, 3.63) is 11.8 Å². The van der Waals surface area contributed by atoms with E-state index in [0.717, 1.165) is 5.57 Å². The molecule has 0 amide bonds. The van der Waals surface area contributed by atoms with Crippen LogP contribution in [0.4, 0.5) is 0 Å². The van der Waals surface area contributed by atoms with Gasteiger partial charge in [-0.15, -0.1) is 0 Å². The van der Waals surface area contributed by atoms with Gasteiger partial charge in [0.1, 0.15) is 0 Å². The number of allylic oxidation sites excluding steroid dienone is 1. The molecule has 0 spiro atoms. The van der Waals surface area contributed by atoms with Crippen LogP contribution in [0.1, 0.15) is 41.5 Å². The summed E-state index contributed by atoms with van der Waals surface area (Å²) in [5, 5.41) is 0.0823. The first-order valence-corrected chi connectivity index (χ1v) is 4.74. The Labute approximate surface area is 81.4 Å². The van der Waals surface area contributed by atoms with Crippen molar-refractivity contribution in [3.8, 4) is 0 Å². The molecule has 2 nitrogen and oxygen atoms in total. The molecule has 0 N–H and O–H groups in total. The van der Waals surface area contributed by atoms with E-state index < -0.39 is 0 Å². The minimum absolute atomic E-state index is 0.0762. The Morgan fingerprint density at radius 1 is 1.23 bits per heavy atom. The molecule has 1 aliphatic heterocycles. The van der Waals surface area contributed by atoms with Gasteiger partial charge in [0.2, 0.25) is 0 Å². The minimum Gasteiger partial charge on any atom is -0.542 e. The molecule has 1 rings (SSSR count). The minimum atomic E-state index is -0.0996. The second-order valence-electron chi connectivity index (χ2n) is 5.01. The SMILES string of the molecule is CC(C)=COB1OC(C)(C)C1(C)C. The first kappa shape index (κ1) is 10.6. The van der Waals surface area contributed by atoms with Crippen molar-refractivity contribution in [2.45, 2.75) is 52.5 Å². The molecule has 1 heterocycles. The Kier molecular flexibility index (Phi) is 2.50. The van der Waals surface area contributed by atoms with Gasteiger partial charge in [-0.05, 0) is 33.3 Å². The fourth-order valence-electron chi connectivity index (χ4n) is 1.19. The predicted molar refractivity (Wildman–Crippen MR) is 55.5 cm³/mol. The molecule has 0 aliphatic carbocycles. The Morgan fingerprint density at radius 3 is 2.08 bits per heavy atom. The molecule has 1 fully saturated rings. The molecule has 0 bridgehead atoms. The molecule has 0 aromatic heterocycles. The van der Waals surface area contributed by atoms with E-state index in [1.54, 1.807) is 6.26 Å². The summed E-state index contributed by atoms with van der Waals surface area (Å²) in [5.74, 6) is 0. The van der Waals surface area contributed by atoms with Crippen LogP contribution in [0.15, 0.2) is 11.8 Å². The molecule has 0 atom stereocenters. The maximum absolute atomic E-state index is 5.63. The van der Waals surface area contributed by atoms with Gasteiger partial charge in [0, 0.05) is 5.31 Å². The highest BCUT2D eigenvalue weighted by Gasteiger charge is 2.62. The zero-order valence-corrected chi connectivity index (χ0v) is 9.47. The molecule has 3 heteroatoms. The summed E-state index contributed by atoms with van der Waals surface area (Å²) in [6.07, 6.45) is 1.77. The van der Waals surface area contributed by atoms with Crippen molar-refractivity contribution in [3.63, 3.8) is 0 Å². The lowest BCUT2D eigenvalue weighted by atomic mass is 9.45. The lowest BCUT2D eigenvalue weighted by molar-refractivity contribution is -0.0472. The second kappa shape index (κ2) is 3.05. The van der Waals surface area contributed by atoms with Crippen molar-refractivity contribution >= 4 is 7.12 Å². The van der Waals surface area contributed by atoms with Crippen LogP contribution >= 0.6 is 0 Å². The van der Waals surface area contributed by atoms with E-state index in [1.807, 2.05) is 13.8 Å². The van der Waals surface area contributed by atoms with Gasteiger partial charge in [0.15, 0.2) is 0 Å². The van der Waals surface area contributed by atoms with Crippen LogP contribution in [0.3, 0.4) is 0 Å². The summed E-state index contributed by atoms with van der Waals surface area (Å²) in [7, 11) is -0.0996. The van der Waals surface area contributed by atoms with Crippen LogP contribution in [0.2, 0.25) is 5.31 Å². The molecular weight excluding hydrogens is 163 g/mol. The third-order valence-corrected chi connectivity index (χ3v) is 2.97. The van der Waals surface area contributed by atoms with Gasteiger partial charge in [0.25, 0.3) is 0 Å². The van der Waals surface area contributed by atoms with Gasteiger partial charge in [-0.3, -0.25) is 0 Å². The van der Waals surface area contributed by atoms with Crippen LogP contribution in [0.25, 0.3) is 0 Å². The summed E-state index contributed by atoms with van der Waals surface area (Å²) in [6.45, 7) is 12.5. The van der Waals surface area contributed by atoms with Crippen LogP contribution in [-0.2, 0) is 9.31 Å². The summed E-state index contributed by atoms with van der Waals surface area (Å²) in [5.41, 5.74) is 1.08. The fraction of sp³-hybridized carbons (Fsp3) is 0.800. The average molecular weight is 182 g/mol. The molecule has 0 aromatic carbocycles. The van der Waals surface area contributed by atoms with Crippen LogP contribution < -0.4 is 0 Å². The van der Waals surface area contributed by atoms with E-state index in [-0.39, 0.29) is 18.0 Å². The number of hydrogen-bond donors (Lipinski definition) is 0. The van der Waals surface area contributed by atoms with E-state index in [9.17, 15) is 0 Å². The number of rotatable bonds is 2. The van der Waals surface area contributed by atoms with Crippen LogP contribution in [-0.4, -0.2) is 12.7 Å². The fourth-order valence-corrected chi connectivity index (χ4v) is 1.19. The topological polar surface area (TPSA) is 18.5 Å². The van der Waals surface area contributed by atoms with Gasteiger partial charge in [-0.2, -0.15) is 0 Å². The van der Waals surface area contributed by atoms with Crippen molar-refractivity contribution in [1.82, 2.24) is 0 Å². The Morgan fingerprint density at radius 2 is 1.77 bits per heavy atom. The maximum Gasteiger partial charge on any atom is 0.534 e. The predicted octanol–water partition coefficient (Wildman–Crippen LogP) is 3.00. The summed E-state index contributed by atoms with van der Waals surface area (Å²) in [6, 6.07) is 0. The van der Waals surface area contributed by atoms with E-state index in [1.165, 1.54) is 0 Å². The average Bonchev–Trinajstić information content (AvgIpc) is 1.97. The second-order valence-corrected chi connectivity index (χ2v) is 5.01. The monoisotopic (exact) mass is 182 g/mol. The summed E-state index contributed by atoms with van der Waals surface area (Å²) >= 11 is 0. The maximum atomic E-state index is 5.63. The van der Waals surface area contributed by atoms with Gasteiger partial charge in [-0.1, -0.05) is 13.8 Å². The first-order valence-electron chi connectivity index (χ1n) is 4.74. The highest BCUT2D eigenvalue weighted by Crippen LogP contribution is 2.53. The zero-order valence-electron chi connectivity index (χ0n) is 9.47. The molecule has 0 radical (unpaired) electrons. The van der Waals surface area contributed by atoms with Crippen molar-refractivity contribution < 1.29 is 9.31 Å². The van der Waals surface area contributed by atoms with Gasteiger partial charge in [-0.25, -0.2) is 0 Å². The third-order valence-electron chi connectivity index (χ3n) is 2.97. The Balaban J connectivity index is 2.55. The molecular formula is C10H19BO2. The molecule has 0 unspecified atom stereocenters. The quantitative estimate of drug-likeness (QED) is 0.482. The van der Waals surface area contributed by atoms with Crippen LogP contribution in [0.5, 0.6) is 0 Å². The highest BCUT2D eigenvalue weighted by molar-refractivity contribution is 6.52. The van der Waals surface area contributed by atoms with Gasteiger partial charge in [0.05, 0.1) is 11.9 Å². The van der Waals surface area contributed by atoms with Crippen molar-refractivity contribution in [2.75, 3.05) is 0 Å². The normalized spacial score (nSPS) is 23.4. The molecule has 1 saturated heterocycles. The van der Waals surface area contributed by atoms with Crippen molar-refractivity contribution in [1.29, 1.82) is 0 Å². The van der Waals surface area contributed by atoms with E-state index >= 15 is 0 Å². The zero-order chi connectivity index (χ0) is 10.3. The lowest BCUT2D eigenvalue weighted by Gasteiger charge is -2.54. The summed E-state index contributed by atoms with van der Waals surface area (Å²) < 4.78 is 11.1. The Hall–Kier alpha value is -0.435. The van der Waals surface area contributed by atoms with E-state index in [4.69, 9.17) is 9.31 Å². The van der Waals surface area contributed by atoms with E-state index in [2.05, 4.69) is 27.7 Å². The van der Waals surface area contributed by atoms with E-state index in [0.29, 0.717) is 0 Å². The molecule has 74 valence electrons. The van der Waals surface area contributed by atoms with Gasteiger partial charge < -0.3 is 9.31 Å². The summed E-state index contributed by atoms with van der Waals surface area (Å²) in [4.78, 5) is 0. The smallest absolute Gasteiger partial charge is 0.534 e. The van der Waals surface area contributed by atoms with Gasteiger partial charge >= 0.3 is 7.12 Å². The van der Waals surface area contributed by atoms with Crippen molar-refractivity contribution in [2.24, 2.45) is 0 Å². The molecule has 0 aromatic rings. The molecule has 13 heavy (non-hydrogen) atoms. The standard InChI is InChI=1S/C10H19BO2/c1-8(2)7-12-11-9(3,4)10(5,6)13-11/h7H,1-6H3. The lowest BCUT2D eigenvalue weighted by Crippen LogP contribution is -2.62. The number of hydrogen-bond acceptors (Lipinski definition) is 2. The Bertz CT molecular complexity index is 227.